The highest BCUT2D eigenvalue weighted by Gasteiger charge is 2.18. The van der Waals surface area contributed by atoms with Gasteiger partial charge in [0.05, 0.1) is 23.4 Å². The van der Waals surface area contributed by atoms with E-state index in [2.05, 4.69) is 15.6 Å². The molecule has 0 unspecified atom stereocenters. The number of benzene rings is 3. The maximum absolute atomic E-state index is 12.8. The maximum atomic E-state index is 12.8. The minimum Gasteiger partial charge on any atom is -0.495 e. The predicted octanol–water partition coefficient (Wildman–Crippen LogP) is 3.05. The van der Waals surface area contributed by atoms with Gasteiger partial charge in [0.2, 0.25) is 5.91 Å². The number of carbonyl (C=O) groups excluding carboxylic acids is 2. The third kappa shape index (κ3) is 6.25. The monoisotopic (exact) mass is 471 g/mol. The van der Waals surface area contributed by atoms with E-state index in [4.69, 9.17) is 4.74 Å². The van der Waals surface area contributed by atoms with Crippen LogP contribution in [-0.4, -0.2) is 33.1 Å². The fraction of sp³-hybridized carbons (Fsp3) is 0.0909. The van der Waals surface area contributed by atoms with Crippen LogP contribution in [0.4, 0.5) is 5.69 Å². The Bertz CT molecular complexity index is 1200. The molecule has 0 saturated carbocycles. The molecular weight excluding hydrogens is 450 g/mol. The number of thioether (sulfide) groups is 1. The molecule has 0 aliphatic carbocycles. The highest BCUT2D eigenvalue weighted by Crippen LogP contribution is 2.26. The molecule has 10 heteroatoms. The van der Waals surface area contributed by atoms with Crippen LogP contribution in [0.25, 0.3) is 0 Å². The van der Waals surface area contributed by atoms with Gasteiger partial charge in [0.25, 0.3) is 15.9 Å². The van der Waals surface area contributed by atoms with Crippen molar-refractivity contribution in [2.75, 3.05) is 17.6 Å². The zero-order valence-electron chi connectivity index (χ0n) is 17.1. The second kappa shape index (κ2) is 10.7. The van der Waals surface area contributed by atoms with Gasteiger partial charge in [0.15, 0.2) is 0 Å². The van der Waals surface area contributed by atoms with E-state index >= 15 is 0 Å². The van der Waals surface area contributed by atoms with E-state index in [-0.39, 0.29) is 21.9 Å². The molecule has 32 heavy (non-hydrogen) atoms. The Labute approximate surface area is 190 Å². The van der Waals surface area contributed by atoms with Crippen LogP contribution in [0, 0.1) is 0 Å². The maximum Gasteiger partial charge on any atom is 0.269 e. The molecule has 0 aromatic heterocycles. The lowest BCUT2D eigenvalue weighted by Crippen LogP contribution is -2.42. The van der Waals surface area contributed by atoms with Gasteiger partial charge in [0, 0.05) is 10.5 Å². The van der Waals surface area contributed by atoms with E-state index in [0.717, 1.165) is 4.90 Å². The van der Waals surface area contributed by atoms with Gasteiger partial charge in [-0.15, -0.1) is 11.8 Å². The van der Waals surface area contributed by atoms with Crippen LogP contribution in [-0.2, 0) is 14.8 Å². The van der Waals surface area contributed by atoms with Crippen LogP contribution in [0.3, 0.4) is 0 Å². The van der Waals surface area contributed by atoms with Crippen LogP contribution >= 0.6 is 11.8 Å². The first-order chi connectivity index (χ1) is 15.4. The summed E-state index contributed by atoms with van der Waals surface area (Å²) in [5.41, 5.74) is 4.96. The van der Waals surface area contributed by atoms with E-state index in [9.17, 15) is 18.0 Å². The van der Waals surface area contributed by atoms with Crippen molar-refractivity contribution in [3.8, 4) is 5.75 Å². The molecule has 2 amide bonds. The Balaban J connectivity index is 1.62. The number of amides is 2. The fourth-order valence-corrected chi connectivity index (χ4v) is 4.47. The summed E-state index contributed by atoms with van der Waals surface area (Å²) in [5.74, 6) is -0.561. The molecule has 0 aliphatic rings. The molecule has 3 aromatic carbocycles. The number of hydrogen-bond acceptors (Lipinski definition) is 6. The lowest BCUT2D eigenvalue weighted by Gasteiger charge is -2.12. The standard InChI is InChI=1S/C22H21N3O5S2/c1-30-20-13-6-5-12-19(20)25-32(28,29)18-11-7-8-16(14-18)22(27)24-23-21(26)15-31-17-9-3-2-4-10-17/h2-14,25H,15H2,1H3,(H,23,26)(H,24,27). The van der Waals surface area contributed by atoms with Crippen molar-refractivity contribution in [2.24, 2.45) is 0 Å². The summed E-state index contributed by atoms with van der Waals surface area (Å²) in [6, 6.07) is 21.4. The molecule has 0 fully saturated rings. The quantitative estimate of drug-likeness (QED) is 0.344. The largest absolute Gasteiger partial charge is 0.495 e. The minimum absolute atomic E-state index is 0.0731. The van der Waals surface area contributed by atoms with Gasteiger partial charge in [-0.05, 0) is 42.5 Å². The van der Waals surface area contributed by atoms with Crippen molar-refractivity contribution >= 4 is 39.3 Å². The van der Waals surface area contributed by atoms with Crippen molar-refractivity contribution in [3.05, 3.63) is 84.4 Å². The molecule has 3 N–H and O–H groups in total. The number of hydrazine groups is 1. The summed E-state index contributed by atoms with van der Waals surface area (Å²) in [4.78, 5) is 25.2. The first-order valence-corrected chi connectivity index (χ1v) is 11.9. The average molecular weight is 472 g/mol. The predicted molar refractivity (Wildman–Crippen MR) is 123 cm³/mol. The van der Waals surface area contributed by atoms with Gasteiger partial charge in [0.1, 0.15) is 5.75 Å². The first kappa shape index (κ1) is 23.2. The van der Waals surface area contributed by atoms with Crippen LogP contribution in [0.2, 0.25) is 0 Å². The van der Waals surface area contributed by atoms with Gasteiger partial charge < -0.3 is 4.74 Å². The Morgan fingerprint density at radius 1 is 0.906 bits per heavy atom. The number of carbonyl (C=O) groups is 2. The number of hydrogen-bond donors (Lipinski definition) is 3. The lowest BCUT2D eigenvalue weighted by atomic mass is 10.2. The summed E-state index contributed by atoms with van der Waals surface area (Å²) >= 11 is 1.32. The van der Waals surface area contributed by atoms with Gasteiger partial charge in [-0.2, -0.15) is 0 Å². The Kier molecular flexibility index (Phi) is 7.74. The summed E-state index contributed by atoms with van der Waals surface area (Å²) in [5, 5.41) is 0. The van der Waals surface area contributed by atoms with Gasteiger partial charge in [-0.1, -0.05) is 36.4 Å². The molecular formula is C22H21N3O5S2. The Hall–Kier alpha value is -3.50. The van der Waals surface area contributed by atoms with E-state index in [1.54, 1.807) is 24.3 Å². The Morgan fingerprint density at radius 3 is 2.38 bits per heavy atom. The van der Waals surface area contributed by atoms with Crippen LogP contribution < -0.4 is 20.3 Å². The van der Waals surface area contributed by atoms with E-state index in [1.807, 2.05) is 30.3 Å². The molecule has 0 bridgehead atoms. The Morgan fingerprint density at radius 2 is 1.62 bits per heavy atom. The average Bonchev–Trinajstić information content (AvgIpc) is 2.82. The molecule has 0 heterocycles. The lowest BCUT2D eigenvalue weighted by molar-refractivity contribution is -0.119. The van der Waals surface area contributed by atoms with E-state index in [0.29, 0.717) is 5.75 Å². The van der Waals surface area contributed by atoms with Crippen molar-refractivity contribution in [2.45, 2.75) is 9.79 Å². The molecule has 166 valence electrons. The third-order valence-electron chi connectivity index (χ3n) is 4.19. The molecule has 0 radical (unpaired) electrons. The van der Waals surface area contributed by atoms with Crippen LogP contribution in [0.5, 0.6) is 5.75 Å². The van der Waals surface area contributed by atoms with Crippen LogP contribution in [0.1, 0.15) is 10.4 Å². The van der Waals surface area contributed by atoms with Crippen molar-refractivity contribution in [1.82, 2.24) is 10.9 Å². The summed E-state index contributed by atoms with van der Waals surface area (Å²) < 4.78 is 33.1. The number of nitrogens with one attached hydrogen (secondary N) is 3. The molecule has 3 rings (SSSR count). The van der Waals surface area contributed by atoms with Gasteiger partial charge >= 0.3 is 0 Å². The SMILES string of the molecule is COc1ccccc1NS(=O)(=O)c1cccc(C(=O)NNC(=O)CSc2ccccc2)c1. The van der Waals surface area contributed by atoms with Crippen molar-refractivity contribution in [3.63, 3.8) is 0 Å². The number of para-hydroxylation sites is 2. The molecule has 3 aromatic rings. The highest BCUT2D eigenvalue weighted by molar-refractivity contribution is 8.00. The number of sulfonamides is 1. The number of methoxy groups -OCH3 is 1. The molecule has 0 spiro atoms. The second-order valence-electron chi connectivity index (χ2n) is 6.44. The molecule has 0 saturated heterocycles. The number of rotatable bonds is 8. The summed E-state index contributed by atoms with van der Waals surface area (Å²) in [7, 11) is -2.54. The van der Waals surface area contributed by atoms with Gasteiger partial charge in [-0.25, -0.2) is 8.42 Å². The minimum atomic E-state index is -3.97. The highest BCUT2D eigenvalue weighted by atomic mass is 32.2. The normalized spacial score (nSPS) is 10.8. The van der Waals surface area contributed by atoms with Gasteiger partial charge in [-0.3, -0.25) is 25.2 Å². The molecule has 8 nitrogen and oxygen atoms in total. The van der Waals surface area contributed by atoms with Crippen molar-refractivity contribution < 1.29 is 22.7 Å². The first-order valence-electron chi connectivity index (χ1n) is 9.42. The van der Waals surface area contributed by atoms with E-state index in [1.165, 1.54) is 43.1 Å². The smallest absolute Gasteiger partial charge is 0.269 e. The third-order valence-corrected chi connectivity index (χ3v) is 6.56. The number of ether oxygens (including phenoxy) is 1. The van der Waals surface area contributed by atoms with E-state index < -0.39 is 21.8 Å². The molecule has 0 atom stereocenters. The fourth-order valence-electron chi connectivity index (χ4n) is 2.64. The summed E-state index contributed by atoms with van der Waals surface area (Å²) in [6.45, 7) is 0. The molecule has 0 aliphatic heterocycles. The second-order valence-corrected chi connectivity index (χ2v) is 9.17. The topological polar surface area (TPSA) is 114 Å². The summed E-state index contributed by atoms with van der Waals surface area (Å²) in [6.07, 6.45) is 0. The zero-order chi connectivity index (χ0) is 23.0. The number of anilines is 1. The van der Waals surface area contributed by atoms with Crippen LogP contribution in [0.15, 0.2) is 88.7 Å². The van der Waals surface area contributed by atoms with Crippen molar-refractivity contribution in [1.29, 1.82) is 0 Å². The zero-order valence-corrected chi connectivity index (χ0v) is 18.7.